The van der Waals surface area contributed by atoms with Gasteiger partial charge in [-0.15, -0.1) is 0 Å². The van der Waals surface area contributed by atoms with E-state index in [1.54, 1.807) is 18.2 Å². The van der Waals surface area contributed by atoms with E-state index in [1.165, 1.54) is 17.0 Å². The van der Waals surface area contributed by atoms with Gasteiger partial charge in [0.1, 0.15) is 5.82 Å². The summed E-state index contributed by atoms with van der Waals surface area (Å²) in [5.41, 5.74) is 1.76. The Balaban J connectivity index is 1.59. The molecule has 2 aromatic rings. The van der Waals surface area contributed by atoms with Crippen LogP contribution in [-0.4, -0.2) is 30.8 Å². The predicted octanol–water partition coefficient (Wildman–Crippen LogP) is 3.57. The maximum Gasteiger partial charge on any atom is 0.311 e. The second-order valence-electron chi connectivity index (χ2n) is 6.38. The lowest BCUT2D eigenvalue weighted by Gasteiger charge is -2.17. The maximum atomic E-state index is 12.9. The minimum absolute atomic E-state index is 0.00900. The van der Waals surface area contributed by atoms with Crippen LogP contribution in [0.4, 0.5) is 10.1 Å². The molecule has 1 fully saturated rings. The zero-order valence-electron chi connectivity index (χ0n) is 14.6. The smallest absolute Gasteiger partial charge is 0.311 e. The van der Waals surface area contributed by atoms with Crippen molar-refractivity contribution in [3.05, 3.63) is 64.4 Å². The summed E-state index contributed by atoms with van der Waals surface area (Å²) < 4.78 is 17.9. The van der Waals surface area contributed by atoms with E-state index >= 15 is 0 Å². The zero-order chi connectivity index (χ0) is 19.6. The van der Waals surface area contributed by atoms with Crippen LogP contribution in [0.5, 0.6) is 0 Å². The molecule has 1 atom stereocenters. The topological polar surface area (TPSA) is 63.7 Å². The van der Waals surface area contributed by atoms with Crippen molar-refractivity contribution in [2.75, 3.05) is 18.1 Å². The third kappa shape index (κ3) is 4.34. The van der Waals surface area contributed by atoms with Gasteiger partial charge in [-0.3, -0.25) is 14.4 Å². The average molecular weight is 390 g/mol. The van der Waals surface area contributed by atoms with E-state index in [0.717, 1.165) is 17.7 Å². The van der Waals surface area contributed by atoms with Crippen molar-refractivity contribution in [3.63, 3.8) is 0 Å². The molecule has 1 heterocycles. The van der Waals surface area contributed by atoms with Gasteiger partial charge in [0.05, 0.1) is 5.92 Å². The molecular formula is C20H17ClFNO4. The molecule has 0 N–H and O–H groups in total. The van der Waals surface area contributed by atoms with E-state index in [-0.39, 0.29) is 24.4 Å². The Bertz CT molecular complexity index is 897. The first-order valence-corrected chi connectivity index (χ1v) is 8.75. The summed E-state index contributed by atoms with van der Waals surface area (Å²) >= 11 is 6.10. The maximum absolute atomic E-state index is 12.9. The summed E-state index contributed by atoms with van der Waals surface area (Å²) in [6.07, 6.45) is 0.00900. The van der Waals surface area contributed by atoms with Crippen molar-refractivity contribution in [3.8, 4) is 0 Å². The Kier molecular flexibility index (Phi) is 5.56. The summed E-state index contributed by atoms with van der Waals surface area (Å²) in [7, 11) is 0. The molecule has 7 heteroatoms. The normalized spacial score (nSPS) is 16.5. The summed E-state index contributed by atoms with van der Waals surface area (Å²) in [5.74, 6) is -2.36. The number of benzene rings is 2. The van der Waals surface area contributed by atoms with E-state index in [9.17, 15) is 18.8 Å². The fraction of sp³-hybridized carbons (Fsp3) is 0.250. The minimum Gasteiger partial charge on any atom is -0.457 e. The van der Waals surface area contributed by atoms with Gasteiger partial charge in [-0.2, -0.15) is 0 Å². The molecule has 2 aromatic carbocycles. The first-order chi connectivity index (χ1) is 12.8. The Morgan fingerprint density at radius 3 is 2.59 bits per heavy atom. The largest absolute Gasteiger partial charge is 0.457 e. The van der Waals surface area contributed by atoms with E-state index in [2.05, 4.69) is 0 Å². The van der Waals surface area contributed by atoms with Gasteiger partial charge >= 0.3 is 5.97 Å². The van der Waals surface area contributed by atoms with Gasteiger partial charge in [0.2, 0.25) is 5.91 Å². The van der Waals surface area contributed by atoms with Crippen molar-refractivity contribution >= 4 is 34.9 Å². The number of aryl methyl sites for hydroxylation is 1. The number of hydrogen-bond acceptors (Lipinski definition) is 4. The Labute approximate surface area is 160 Å². The van der Waals surface area contributed by atoms with Crippen LogP contribution in [-0.2, 0) is 14.3 Å². The fourth-order valence-corrected chi connectivity index (χ4v) is 3.01. The number of ketones is 1. The molecule has 0 spiro atoms. The third-order valence-corrected chi connectivity index (χ3v) is 4.84. The third-order valence-electron chi connectivity index (χ3n) is 4.44. The highest BCUT2D eigenvalue weighted by Crippen LogP contribution is 2.29. The summed E-state index contributed by atoms with van der Waals surface area (Å²) in [6.45, 7) is 1.57. The van der Waals surface area contributed by atoms with Gasteiger partial charge < -0.3 is 9.64 Å². The number of anilines is 1. The number of Topliss-reactive ketones (excluding diaryl/α,β-unsaturated/α-hetero) is 1. The average Bonchev–Trinajstić information content (AvgIpc) is 3.04. The monoisotopic (exact) mass is 389 g/mol. The number of ether oxygens (including phenoxy) is 1. The van der Waals surface area contributed by atoms with Crippen LogP contribution < -0.4 is 4.90 Å². The molecule has 1 aliphatic rings. The predicted molar refractivity (Wildman–Crippen MR) is 98.3 cm³/mol. The lowest BCUT2D eigenvalue weighted by atomic mass is 10.1. The molecule has 1 aliphatic heterocycles. The van der Waals surface area contributed by atoms with Crippen molar-refractivity contribution in [1.82, 2.24) is 0 Å². The molecule has 1 amide bonds. The first kappa shape index (κ1) is 19.0. The second-order valence-corrected chi connectivity index (χ2v) is 6.78. The molecule has 27 heavy (non-hydrogen) atoms. The highest BCUT2D eigenvalue weighted by molar-refractivity contribution is 6.31. The zero-order valence-corrected chi connectivity index (χ0v) is 15.3. The van der Waals surface area contributed by atoms with Gasteiger partial charge in [0.15, 0.2) is 12.4 Å². The number of carbonyl (C=O) groups is 3. The van der Waals surface area contributed by atoms with E-state index in [0.29, 0.717) is 10.7 Å². The van der Waals surface area contributed by atoms with Crippen molar-refractivity contribution < 1.29 is 23.5 Å². The lowest BCUT2D eigenvalue weighted by Crippen LogP contribution is -2.27. The van der Waals surface area contributed by atoms with Crippen LogP contribution >= 0.6 is 11.6 Å². The number of halogens is 2. The van der Waals surface area contributed by atoms with Gasteiger partial charge in [0.25, 0.3) is 0 Å². The SMILES string of the molecule is Cc1ccc(N2CC(C(=O)OCC(=O)c3ccc(F)cc3)CC2=O)cc1Cl. The Morgan fingerprint density at radius 2 is 1.93 bits per heavy atom. The number of carbonyl (C=O) groups excluding carboxylic acids is 3. The lowest BCUT2D eigenvalue weighted by molar-refractivity contribution is -0.147. The first-order valence-electron chi connectivity index (χ1n) is 8.37. The molecule has 3 rings (SSSR count). The quantitative estimate of drug-likeness (QED) is 0.579. The molecule has 140 valence electrons. The van der Waals surface area contributed by atoms with Crippen LogP contribution in [0.2, 0.25) is 5.02 Å². The number of rotatable bonds is 5. The molecular weight excluding hydrogens is 373 g/mol. The van der Waals surface area contributed by atoms with Crippen molar-refractivity contribution in [2.24, 2.45) is 5.92 Å². The molecule has 0 aromatic heterocycles. The van der Waals surface area contributed by atoms with Gasteiger partial charge in [-0.1, -0.05) is 17.7 Å². The standard InChI is InChI=1S/C20H17ClFNO4/c1-12-2-7-16(9-17(12)21)23-10-14(8-19(23)25)20(26)27-11-18(24)13-3-5-15(22)6-4-13/h2-7,9,14H,8,10-11H2,1H3. The Hall–Kier alpha value is -2.73. The van der Waals surface area contributed by atoms with Crippen LogP contribution in [0, 0.1) is 18.7 Å². The number of amides is 1. The highest BCUT2D eigenvalue weighted by atomic mass is 35.5. The van der Waals surface area contributed by atoms with Crippen LogP contribution in [0.15, 0.2) is 42.5 Å². The summed E-state index contributed by atoms with van der Waals surface area (Å²) in [5, 5.41) is 0.538. The molecule has 0 radical (unpaired) electrons. The molecule has 0 aliphatic carbocycles. The minimum atomic E-state index is -0.654. The van der Waals surface area contributed by atoms with E-state index in [4.69, 9.17) is 16.3 Å². The van der Waals surface area contributed by atoms with E-state index in [1.807, 2.05) is 6.92 Å². The van der Waals surface area contributed by atoms with Gasteiger partial charge in [0, 0.05) is 29.2 Å². The summed E-state index contributed by atoms with van der Waals surface area (Å²) in [6, 6.07) is 10.2. The van der Waals surface area contributed by atoms with Crippen molar-refractivity contribution in [1.29, 1.82) is 0 Å². The van der Waals surface area contributed by atoms with Crippen LogP contribution in [0.3, 0.4) is 0 Å². The van der Waals surface area contributed by atoms with Crippen LogP contribution in [0.1, 0.15) is 22.3 Å². The number of hydrogen-bond donors (Lipinski definition) is 0. The molecule has 5 nitrogen and oxygen atoms in total. The molecule has 1 saturated heterocycles. The van der Waals surface area contributed by atoms with Gasteiger partial charge in [-0.25, -0.2) is 4.39 Å². The molecule has 1 unspecified atom stereocenters. The molecule has 0 saturated carbocycles. The Morgan fingerprint density at radius 1 is 1.22 bits per heavy atom. The summed E-state index contributed by atoms with van der Waals surface area (Å²) in [4.78, 5) is 38.0. The second kappa shape index (κ2) is 7.88. The molecule has 0 bridgehead atoms. The fourth-order valence-electron chi connectivity index (χ4n) is 2.84. The number of nitrogens with zero attached hydrogens (tertiary/aromatic N) is 1. The van der Waals surface area contributed by atoms with E-state index < -0.39 is 30.1 Å². The highest BCUT2D eigenvalue weighted by Gasteiger charge is 2.36. The number of esters is 1. The van der Waals surface area contributed by atoms with Crippen LogP contribution in [0.25, 0.3) is 0 Å². The van der Waals surface area contributed by atoms with Gasteiger partial charge in [-0.05, 0) is 48.9 Å². The van der Waals surface area contributed by atoms with Crippen molar-refractivity contribution in [2.45, 2.75) is 13.3 Å².